The molecular formula is C19H21Cl2FN2O. The number of carbonyl (C=O) groups is 1. The zero-order valence-corrected chi connectivity index (χ0v) is 15.3. The van der Waals surface area contributed by atoms with Crippen LogP contribution < -0.4 is 5.32 Å². The fourth-order valence-corrected chi connectivity index (χ4v) is 3.33. The molecule has 0 spiro atoms. The van der Waals surface area contributed by atoms with Crippen LogP contribution in [0.2, 0.25) is 5.02 Å². The lowest BCUT2D eigenvalue weighted by molar-refractivity contribution is -0.134. The van der Waals surface area contributed by atoms with Gasteiger partial charge in [-0.15, -0.1) is 12.4 Å². The van der Waals surface area contributed by atoms with Gasteiger partial charge in [-0.05, 0) is 35.7 Å². The van der Waals surface area contributed by atoms with E-state index >= 15 is 0 Å². The smallest absolute Gasteiger partial charge is 0.223 e. The highest BCUT2D eigenvalue weighted by molar-refractivity contribution is 6.31. The molecule has 1 saturated heterocycles. The van der Waals surface area contributed by atoms with Crippen LogP contribution in [0.15, 0.2) is 48.5 Å². The van der Waals surface area contributed by atoms with Crippen molar-refractivity contribution in [2.45, 2.75) is 18.9 Å². The average molecular weight is 383 g/mol. The molecule has 3 rings (SSSR count). The minimum atomic E-state index is -0.258. The van der Waals surface area contributed by atoms with E-state index in [2.05, 4.69) is 5.32 Å². The van der Waals surface area contributed by atoms with Gasteiger partial charge in [0.15, 0.2) is 0 Å². The Labute approximate surface area is 158 Å². The quantitative estimate of drug-likeness (QED) is 0.866. The lowest BCUT2D eigenvalue weighted by atomic mass is 10.0. The molecule has 1 amide bonds. The van der Waals surface area contributed by atoms with Crippen LogP contribution in [-0.2, 0) is 11.2 Å². The molecule has 1 fully saturated rings. The third-order valence-corrected chi connectivity index (χ3v) is 4.71. The number of amides is 1. The van der Waals surface area contributed by atoms with Crippen LogP contribution in [0.4, 0.5) is 4.39 Å². The summed E-state index contributed by atoms with van der Waals surface area (Å²) >= 11 is 6.31. The van der Waals surface area contributed by atoms with Crippen LogP contribution in [0, 0.1) is 5.82 Å². The third-order valence-electron chi connectivity index (χ3n) is 4.37. The molecule has 1 atom stereocenters. The fraction of sp³-hybridized carbons (Fsp3) is 0.316. The molecule has 2 aromatic rings. The molecule has 25 heavy (non-hydrogen) atoms. The van der Waals surface area contributed by atoms with Crippen LogP contribution in [0.3, 0.4) is 0 Å². The van der Waals surface area contributed by atoms with Gasteiger partial charge in [0.25, 0.3) is 0 Å². The van der Waals surface area contributed by atoms with E-state index in [1.54, 1.807) is 12.1 Å². The summed E-state index contributed by atoms with van der Waals surface area (Å²) in [6, 6.07) is 13.9. The second-order valence-electron chi connectivity index (χ2n) is 5.96. The first kappa shape index (κ1) is 19.7. The second-order valence-corrected chi connectivity index (χ2v) is 6.36. The Kier molecular flexibility index (Phi) is 7.24. The van der Waals surface area contributed by atoms with E-state index in [4.69, 9.17) is 11.6 Å². The van der Waals surface area contributed by atoms with Gasteiger partial charge in [-0.25, -0.2) is 4.39 Å². The molecule has 0 bridgehead atoms. The Morgan fingerprint density at radius 1 is 1.20 bits per heavy atom. The highest BCUT2D eigenvalue weighted by Gasteiger charge is 2.28. The monoisotopic (exact) mass is 382 g/mol. The molecular weight excluding hydrogens is 362 g/mol. The van der Waals surface area contributed by atoms with Crippen molar-refractivity contribution in [2.24, 2.45) is 0 Å². The molecule has 1 heterocycles. The number of piperazine rings is 1. The molecule has 2 aromatic carbocycles. The Balaban J connectivity index is 0.00000225. The van der Waals surface area contributed by atoms with Crippen molar-refractivity contribution in [3.05, 3.63) is 70.5 Å². The number of nitrogens with one attached hydrogen (secondary N) is 1. The summed E-state index contributed by atoms with van der Waals surface area (Å²) in [5.41, 5.74) is 1.94. The summed E-state index contributed by atoms with van der Waals surface area (Å²) in [4.78, 5) is 14.6. The first-order chi connectivity index (χ1) is 11.6. The van der Waals surface area contributed by atoms with E-state index in [9.17, 15) is 9.18 Å². The number of aryl methyl sites for hydroxylation is 1. The number of halogens is 3. The standard InChI is InChI=1S/C19H20ClFN2O.ClH/c20-17-4-2-1-3-16(17)18-13-22-11-12-23(18)19(24)10-7-14-5-8-15(21)9-6-14;/h1-6,8-9,18,22H,7,10-13H2;1H. The summed E-state index contributed by atoms with van der Waals surface area (Å²) in [6.07, 6.45) is 1.02. The number of hydrogen-bond acceptors (Lipinski definition) is 2. The van der Waals surface area contributed by atoms with Crippen LogP contribution in [0.5, 0.6) is 0 Å². The van der Waals surface area contributed by atoms with E-state index in [1.807, 2.05) is 29.2 Å². The van der Waals surface area contributed by atoms with Crippen LogP contribution >= 0.6 is 24.0 Å². The zero-order chi connectivity index (χ0) is 16.9. The Morgan fingerprint density at radius 2 is 1.92 bits per heavy atom. The van der Waals surface area contributed by atoms with Gasteiger partial charge in [0, 0.05) is 31.1 Å². The lowest BCUT2D eigenvalue weighted by Crippen LogP contribution is -2.48. The number of rotatable bonds is 4. The molecule has 134 valence electrons. The molecule has 0 saturated carbocycles. The number of carbonyl (C=O) groups excluding carboxylic acids is 1. The average Bonchev–Trinajstić information content (AvgIpc) is 2.61. The second kappa shape index (κ2) is 9.18. The lowest BCUT2D eigenvalue weighted by Gasteiger charge is -2.37. The molecule has 1 unspecified atom stereocenters. The topological polar surface area (TPSA) is 32.3 Å². The van der Waals surface area contributed by atoms with Gasteiger partial charge in [0.05, 0.1) is 6.04 Å². The predicted molar refractivity (Wildman–Crippen MR) is 101 cm³/mol. The Morgan fingerprint density at radius 3 is 2.64 bits per heavy atom. The minimum Gasteiger partial charge on any atom is -0.333 e. The molecule has 1 aliphatic heterocycles. The number of benzene rings is 2. The summed E-state index contributed by atoms with van der Waals surface area (Å²) in [7, 11) is 0. The van der Waals surface area contributed by atoms with E-state index < -0.39 is 0 Å². The Bertz CT molecular complexity index is 709. The van der Waals surface area contributed by atoms with Gasteiger partial charge in [-0.3, -0.25) is 4.79 Å². The van der Waals surface area contributed by atoms with Crippen molar-refractivity contribution < 1.29 is 9.18 Å². The van der Waals surface area contributed by atoms with Gasteiger partial charge < -0.3 is 10.2 Å². The SMILES string of the molecule is Cl.O=C(CCc1ccc(F)cc1)N1CCNCC1c1ccccc1Cl. The maximum atomic E-state index is 13.0. The van der Waals surface area contributed by atoms with Crippen molar-refractivity contribution in [3.63, 3.8) is 0 Å². The molecule has 1 aliphatic rings. The van der Waals surface area contributed by atoms with Crippen molar-refractivity contribution in [1.82, 2.24) is 10.2 Å². The highest BCUT2D eigenvalue weighted by atomic mass is 35.5. The minimum absolute atomic E-state index is 0. The van der Waals surface area contributed by atoms with Crippen LogP contribution in [0.25, 0.3) is 0 Å². The van der Waals surface area contributed by atoms with Crippen LogP contribution in [0.1, 0.15) is 23.6 Å². The van der Waals surface area contributed by atoms with Crippen molar-refractivity contribution in [3.8, 4) is 0 Å². The number of nitrogens with zero attached hydrogens (tertiary/aromatic N) is 1. The summed E-state index contributed by atoms with van der Waals surface area (Å²) in [5.74, 6) is -0.156. The van der Waals surface area contributed by atoms with Gasteiger partial charge in [0.2, 0.25) is 5.91 Å². The predicted octanol–water partition coefficient (Wildman–Crippen LogP) is 4.01. The normalized spacial score (nSPS) is 17.0. The number of hydrogen-bond donors (Lipinski definition) is 1. The van der Waals surface area contributed by atoms with Gasteiger partial charge in [-0.2, -0.15) is 0 Å². The fourth-order valence-electron chi connectivity index (χ4n) is 3.07. The Hall–Kier alpha value is -1.62. The van der Waals surface area contributed by atoms with Crippen molar-refractivity contribution in [1.29, 1.82) is 0 Å². The van der Waals surface area contributed by atoms with Crippen LogP contribution in [-0.4, -0.2) is 30.4 Å². The molecule has 0 aromatic heterocycles. The van der Waals surface area contributed by atoms with Crippen molar-refractivity contribution in [2.75, 3.05) is 19.6 Å². The van der Waals surface area contributed by atoms with Crippen molar-refractivity contribution >= 4 is 29.9 Å². The molecule has 0 radical (unpaired) electrons. The van der Waals surface area contributed by atoms with Gasteiger partial charge >= 0.3 is 0 Å². The van der Waals surface area contributed by atoms with E-state index in [-0.39, 0.29) is 30.2 Å². The molecule has 3 nitrogen and oxygen atoms in total. The molecule has 1 N–H and O–H groups in total. The molecule has 6 heteroatoms. The summed E-state index contributed by atoms with van der Waals surface area (Å²) < 4.78 is 13.0. The van der Waals surface area contributed by atoms with Gasteiger partial charge in [0.1, 0.15) is 5.82 Å². The largest absolute Gasteiger partial charge is 0.333 e. The highest BCUT2D eigenvalue weighted by Crippen LogP contribution is 2.29. The molecule has 0 aliphatic carbocycles. The summed E-state index contributed by atoms with van der Waals surface area (Å²) in [6.45, 7) is 2.15. The maximum Gasteiger partial charge on any atom is 0.223 e. The third kappa shape index (κ3) is 4.94. The van der Waals surface area contributed by atoms with E-state index in [1.165, 1.54) is 12.1 Å². The first-order valence-electron chi connectivity index (χ1n) is 8.14. The first-order valence-corrected chi connectivity index (χ1v) is 8.52. The summed E-state index contributed by atoms with van der Waals surface area (Å²) in [5, 5.41) is 4.01. The van der Waals surface area contributed by atoms with Gasteiger partial charge in [-0.1, -0.05) is 41.9 Å². The van der Waals surface area contributed by atoms with E-state index in [0.717, 1.165) is 17.7 Å². The van der Waals surface area contributed by atoms with E-state index in [0.29, 0.717) is 31.0 Å². The zero-order valence-electron chi connectivity index (χ0n) is 13.8. The maximum absolute atomic E-state index is 13.0.